The summed E-state index contributed by atoms with van der Waals surface area (Å²) in [5, 5.41) is 6.29. The van der Waals surface area contributed by atoms with Gasteiger partial charge < -0.3 is 5.32 Å². The number of hydrogen-bond acceptors (Lipinski definition) is 3. The Labute approximate surface area is 129 Å². The van der Waals surface area contributed by atoms with Crippen molar-refractivity contribution in [2.45, 2.75) is 31.7 Å². The van der Waals surface area contributed by atoms with Crippen LogP contribution in [0.4, 0.5) is 0 Å². The van der Waals surface area contributed by atoms with Crippen molar-refractivity contribution in [3.63, 3.8) is 0 Å². The maximum atomic E-state index is 12.3. The molecule has 2 unspecified atom stereocenters. The largest absolute Gasteiger partial charge is 0.348 e. The Hall–Kier alpha value is -0.390. The summed E-state index contributed by atoms with van der Waals surface area (Å²) in [5.74, 6) is 0.685. The maximum absolute atomic E-state index is 12.3. The average Bonchev–Trinajstić information content (AvgIpc) is 3.00. The highest BCUT2D eigenvalue weighted by Gasteiger charge is 2.26. The Bertz CT molecular complexity index is 548. The molecule has 19 heavy (non-hydrogen) atoms. The molecular weight excluding hydrogens is 342 g/mol. The van der Waals surface area contributed by atoms with E-state index in [1.165, 1.54) is 28.7 Å². The van der Waals surface area contributed by atoms with Crippen LogP contribution in [0.3, 0.4) is 0 Å². The van der Waals surface area contributed by atoms with E-state index in [0.717, 1.165) is 16.6 Å². The topological polar surface area (TPSA) is 29.1 Å². The van der Waals surface area contributed by atoms with Crippen LogP contribution in [-0.2, 0) is 0 Å². The fraction of sp³-hybridized carbons (Fsp3) is 0.500. The SMILES string of the molecule is O=C(NC1CCCCC1CBr)c1cc2sccc2s1. The van der Waals surface area contributed by atoms with Crippen LogP contribution in [0.15, 0.2) is 17.5 Å². The first-order chi connectivity index (χ1) is 9.28. The molecule has 5 heteroatoms. The standard InChI is InChI=1S/C14H16BrNOS2/c15-8-9-3-1-2-4-10(9)16-14(17)13-7-12-11(19-13)5-6-18-12/h5-7,9-10H,1-4,8H2,(H,16,17). The van der Waals surface area contributed by atoms with E-state index in [9.17, 15) is 4.79 Å². The van der Waals surface area contributed by atoms with E-state index >= 15 is 0 Å². The predicted octanol–water partition coefficient (Wildman–Crippen LogP) is 4.65. The zero-order chi connectivity index (χ0) is 13.2. The Balaban J connectivity index is 1.71. The second-order valence-corrected chi connectivity index (χ2v) is 7.72. The third-order valence-corrected chi connectivity index (χ3v) is 6.71. The molecule has 1 amide bonds. The molecule has 2 heterocycles. The molecule has 0 aromatic carbocycles. The number of hydrogen-bond donors (Lipinski definition) is 1. The first kappa shape index (κ1) is 13.6. The molecule has 1 fully saturated rings. The molecular formula is C14H16BrNOS2. The van der Waals surface area contributed by atoms with Crippen molar-refractivity contribution in [3.8, 4) is 0 Å². The summed E-state index contributed by atoms with van der Waals surface area (Å²) in [6.45, 7) is 0. The minimum Gasteiger partial charge on any atom is -0.348 e. The molecule has 0 bridgehead atoms. The Morgan fingerprint density at radius 1 is 1.37 bits per heavy atom. The third-order valence-electron chi connectivity index (χ3n) is 3.79. The highest BCUT2D eigenvalue weighted by molar-refractivity contribution is 9.09. The second-order valence-electron chi connectivity index (χ2n) is 5.04. The number of rotatable bonds is 3. The van der Waals surface area contributed by atoms with Gasteiger partial charge in [0.2, 0.25) is 0 Å². The van der Waals surface area contributed by atoms with Crippen LogP contribution in [0.25, 0.3) is 9.40 Å². The number of carbonyl (C=O) groups is 1. The molecule has 1 N–H and O–H groups in total. The lowest BCUT2D eigenvalue weighted by Crippen LogP contribution is -2.42. The first-order valence-corrected chi connectivity index (χ1v) is 9.43. The number of amides is 1. The summed E-state index contributed by atoms with van der Waals surface area (Å²) < 4.78 is 2.44. The van der Waals surface area contributed by atoms with Gasteiger partial charge in [0.25, 0.3) is 5.91 Å². The summed E-state index contributed by atoms with van der Waals surface area (Å²) >= 11 is 6.87. The van der Waals surface area contributed by atoms with Crippen molar-refractivity contribution in [2.24, 2.45) is 5.92 Å². The molecule has 0 aliphatic heterocycles. The summed E-state index contributed by atoms with van der Waals surface area (Å²) in [4.78, 5) is 13.2. The van der Waals surface area contributed by atoms with E-state index < -0.39 is 0 Å². The molecule has 3 rings (SSSR count). The number of alkyl halides is 1. The second kappa shape index (κ2) is 5.94. The summed E-state index contributed by atoms with van der Waals surface area (Å²) in [5.41, 5.74) is 0. The normalized spacial score (nSPS) is 23.6. The van der Waals surface area contributed by atoms with E-state index in [1.807, 2.05) is 6.07 Å². The number of halogens is 1. The van der Waals surface area contributed by atoms with Gasteiger partial charge in [0, 0.05) is 20.8 Å². The molecule has 1 aliphatic rings. The minimum atomic E-state index is 0.103. The van der Waals surface area contributed by atoms with E-state index in [2.05, 4.69) is 32.7 Å². The van der Waals surface area contributed by atoms with Gasteiger partial charge in [-0.1, -0.05) is 28.8 Å². The van der Waals surface area contributed by atoms with Crippen LogP contribution in [0.5, 0.6) is 0 Å². The van der Waals surface area contributed by atoms with Gasteiger partial charge in [-0.2, -0.15) is 0 Å². The summed E-state index contributed by atoms with van der Waals surface area (Å²) in [6.07, 6.45) is 4.85. The van der Waals surface area contributed by atoms with Crippen LogP contribution in [-0.4, -0.2) is 17.3 Å². The molecule has 2 aromatic rings. The zero-order valence-electron chi connectivity index (χ0n) is 10.5. The average molecular weight is 358 g/mol. The van der Waals surface area contributed by atoms with Crippen LogP contribution >= 0.6 is 38.6 Å². The molecule has 0 radical (unpaired) electrons. The van der Waals surface area contributed by atoms with Gasteiger partial charge in [-0.25, -0.2) is 0 Å². The molecule has 2 atom stereocenters. The maximum Gasteiger partial charge on any atom is 0.261 e. The third kappa shape index (κ3) is 2.88. The lowest BCUT2D eigenvalue weighted by atomic mass is 9.86. The molecule has 0 saturated heterocycles. The van der Waals surface area contributed by atoms with Crippen molar-refractivity contribution in [1.82, 2.24) is 5.32 Å². The molecule has 0 spiro atoms. The summed E-state index contributed by atoms with van der Waals surface area (Å²) in [7, 11) is 0. The van der Waals surface area contributed by atoms with Gasteiger partial charge in [0.05, 0.1) is 4.88 Å². The van der Waals surface area contributed by atoms with Crippen LogP contribution in [0, 0.1) is 5.92 Å². The van der Waals surface area contributed by atoms with Gasteiger partial charge in [-0.05, 0) is 36.3 Å². The smallest absolute Gasteiger partial charge is 0.261 e. The number of carbonyl (C=O) groups excluding carboxylic acids is 1. The van der Waals surface area contributed by atoms with Gasteiger partial charge in [0.15, 0.2) is 0 Å². The van der Waals surface area contributed by atoms with Crippen molar-refractivity contribution in [1.29, 1.82) is 0 Å². The Morgan fingerprint density at radius 2 is 2.21 bits per heavy atom. The van der Waals surface area contributed by atoms with Crippen LogP contribution in [0.1, 0.15) is 35.4 Å². The Kier molecular flexibility index (Phi) is 4.24. The van der Waals surface area contributed by atoms with E-state index in [4.69, 9.17) is 0 Å². The van der Waals surface area contributed by atoms with Gasteiger partial charge >= 0.3 is 0 Å². The lowest BCUT2D eigenvalue weighted by molar-refractivity contribution is 0.0916. The fourth-order valence-electron chi connectivity index (χ4n) is 2.70. The summed E-state index contributed by atoms with van der Waals surface area (Å²) in [6, 6.07) is 4.44. The van der Waals surface area contributed by atoms with Gasteiger partial charge in [0.1, 0.15) is 0 Å². The number of nitrogens with one attached hydrogen (secondary N) is 1. The van der Waals surface area contributed by atoms with E-state index in [0.29, 0.717) is 12.0 Å². The van der Waals surface area contributed by atoms with Crippen molar-refractivity contribution < 1.29 is 4.79 Å². The van der Waals surface area contributed by atoms with Gasteiger partial charge in [-0.3, -0.25) is 4.79 Å². The van der Waals surface area contributed by atoms with Crippen LogP contribution in [0.2, 0.25) is 0 Å². The molecule has 2 aromatic heterocycles. The van der Waals surface area contributed by atoms with Crippen molar-refractivity contribution in [2.75, 3.05) is 5.33 Å². The highest BCUT2D eigenvalue weighted by Crippen LogP contribution is 2.31. The molecule has 1 aliphatic carbocycles. The van der Waals surface area contributed by atoms with Crippen molar-refractivity contribution in [3.05, 3.63) is 22.4 Å². The van der Waals surface area contributed by atoms with Crippen molar-refractivity contribution >= 4 is 53.9 Å². The van der Waals surface area contributed by atoms with Gasteiger partial charge in [-0.15, -0.1) is 22.7 Å². The fourth-order valence-corrected chi connectivity index (χ4v) is 5.49. The van der Waals surface area contributed by atoms with Crippen LogP contribution < -0.4 is 5.32 Å². The lowest BCUT2D eigenvalue weighted by Gasteiger charge is -2.30. The van der Waals surface area contributed by atoms with E-state index in [-0.39, 0.29) is 5.91 Å². The molecule has 2 nitrogen and oxygen atoms in total. The molecule has 1 saturated carbocycles. The highest BCUT2D eigenvalue weighted by atomic mass is 79.9. The number of thiophene rings is 2. The quantitative estimate of drug-likeness (QED) is 0.796. The van der Waals surface area contributed by atoms with E-state index in [1.54, 1.807) is 22.7 Å². The minimum absolute atomic E-state index is 0.103. The number of fused-ring (bicyclic) bond motifs is 1. The monoisotopic (exact) mass is 357 g/mol. The molecule has 102 valence electrons. The predicted molar refractivity (Wildman–Crippen MR) is 86.7 cm³/mol. The Morgan fingerprint density at radius 3 is 3.00 bits per heavy atom. The zero-order valence-corrected chi connectivity index (χ0v) is 13.7. The first-order valence-electron chi connectivity index (χ1n) is 6.62.